The molecule has 0 amide bonds. The molecule has 0 N–H and O–H groups in total. The molecule has 34 heavy (non-hydrogen) atoms. The summed E-state index contributed by atoms with van der Waals surface area (Å²) in [5.41, 5.74) is 4.20. The Morgan fingerprint density at radius 1 is 0.853 bits per heavy atom. The van der Waals surface area contributed by atoms with Gasteiger partial charge in [0.25, 0.3) is 5.56 Å². The summed E-state index contributed by atoms with van der Waals surface area (Å²) in [5, 5.41) is 0.917. The van der Waals surface area contributed by atoms with Crippen molar-refractivity contribution in [1.82, 2.24) is 14.1 Å². The maximum absolute atomic E-state index is 14.0. The summed E-state index contributed by atoms with van der Waals surface area (Å²) in [4.78, 5) is 32.0. The van der Waals surface area contributed by atoms with Crippen LogP contribution in [-0.4, -0.2) is 34.1 Å². The number of fused-ring (bicyclic) bond motifs is 6. The van der Waals surface area contributed by atoms with Crippen LogP contribution in [0.3, 0.4) is 0 Å². The number of methoxy groups -OCH3 is 2. The Kier molecular flexibility index (Phi) is 4.52. The third-order valence-electron chi connectivity index (χ3n) is 6.53. The number of para-hydroxylation sites is 2. The number of hydrogen-bond donors (Lipinski definition) is 0. The minimum Gasteiger partial charge on any atom is -0.493 e. The van der Waals surface area contributed by atoms with E-state index in [-0.39, 0.29) is 11.3 Å². The number of nitrogens with zero attached hydrogens (tertiary/aromatic N) is 3. The van der Waals surface area contributed by atoms with Crippen LogP contribution in [0.4, 0.5) is 0 Å². The van der Waals surface area contributed by atoms with Crippen LogP contribution < -0.4 is 15.0 Å². The molecule has 0 atom stereocenters. The number of imidazole rings is 1. The molecule has 168 valence electrons. The van der Waals surface area contributed by atoms with Crippen molar-refractivity contribution in [3.05, 3.63) is 88.5 Å². The van der Waals surface area contributed by atoms with E-state index in [1.165, 1.54) is 14.2 Å². The quantitative estimate of drug-likeness (QED) is 0.391. The topological polar surface area (TPSA) is 75.3 Å². The van der Waals surface area contributed by atoms with Gasteiger partial charge in [-0.05, 0) is 24.3 Å². The van der Waals surface area contributed by atoms with Crippen molar-refractivity contribution < 1.29 is 14.3 Å². The molecular weight excluding hydrogens is 430 g/mol. The molecule has 0 aliphatic heterocycles. The maximum atomic E-state index is 14.0. The predicted octanol–water partition coefficient (Wildman–Crippen LogP) is 4.28. The number of aromatic nitrogens is 3. The van der Waals surface area contributed by atoms with E-state index < -0.39 is 0 Å². The van der Waals surface area contributed by atoms with Crippen molar-refractivity contribution in [2.75, 3.05) is 14.2 Å². The predicted molar refractivity (Wildman–Crippen MR) is 130 cm³/mol. The Labute approximate surface area is 194 Å². The first-order valence-electron chi connectivity index (χ1n) is 11.0. The lowest BCUT2D eigenvalue weighted by atomic mass is 10.0. The number of hydrogen-bond acceptors (Lipinski definition) is 5. The average molecular weight is 451 g/mol. The second kappa shape index (κ2) is 7.59. The number of aryl methyl sites for hydroxylation is 1. The standard InChI is InChI=1S/C27H21N3O4/c1-33-21-12-11-18-22-24(16-7-3-4-8-17(16)25(22)31)30(27(32)23(18)26(21)34-2)14-13-29-15-28-19-9-5-6-10-20(19)29/h3-12,15H,13-14H2,1-2H3. The van der Waals surface area contributed by atoms with Crippen molar-refractivity contribution in [2.45, 2.75) is 13.1 Å². The second-order valence-corrected chi connectivity index (χ2v) is 8.21. The van der Waals surface area contributed by atoms with E-state index in [0.717, 1.165) is 16.6 Å². The lowest BCUT2D eigenvalue weighted by Gasteiger charge is -2.18. The molecule has 0 unspecified atom stereocenters. The highest BCUT2D eigenvalue weighted by Crippen LogP contribution is 2.43. The summed E-state index contributed by atoms with van der Waals surface area (Å²) in [6.45, 7) is 0.875. The van der Waals surface area contributed by atoms with Crippen LogP contribution in [0.15, 0.2) is 71.8 Å². The van der Waals surface area contributed by atoms with E-state index in [4.69, 9.17) is 9.47 Å². The summed E-state index contributed by atoms with van der Waals surface area (Å²) >= 11 is 0. The fraction of sp³-hybridized carbons (Fsp3) is 0.148. The van der Waals surface area contributed by atoms with E-state index in [1.807, 2.05) is 53.1 Å². The third-order valence-corrected chi connectivity index (χ3v) is 6.53. The van der Waals surface area contributed by atoms with Gasteiger partial charge in [-0.15, -0.1) is 0 Å². The Hall–Kier alpha value is -4.39. The number of rotatable bonds is 5. The monoisotopic (exact) mass is 451 g/mol. The molecule has 2 heterocycles. The summed E-state index contributed by atoms with van der Waals surface area (Å²) in [6.07, 6.45) is 1.78. The van der Waals surface area contributed by atoms with Gasteiger partial charge in [0.05, 0.1) is 48.2 Å². The molecule has 5 aromatic rings. The molecular formula is C27H21N3O4. The molecule has 7 nitrogen and oxygen atoms in total. The van der Waals surface area contributed by atoms with Gasteiger partial charge in [0.1, 0.15) is 0 Å². The molecule has 0 saturated heterocycles. The van der Waals surface area contributed by atoms with Gasteiger partial charge in [-0.3, -0.25) is 9.59 Å². The average Bonchev–Trinajstić information content (AvgIpc) is 3.42. The zero-order valence-corrected chi connectivity index (χ0v) is 18.7. The van der Waals surface area contributed by atoms with Crippen LogP contribution in [0.25, 0.3) is 33.1 Å². The van der Waals surface area contributed by atoms with Gasteiger partial charge in [-0.2, -0.15) is 0 Å². The fourth-order valence-electron chi connectivity index (χ4n) is 4.99. The number of carbonyl (C=O) groups is 1. The Bertz CT molecular complexity index is 1680. The van der Waals surface area contributed by atoms with Gasteiger partial charge in [0.2, 0.25) is 0 Å². The fourth-order valence-corrected chi connectivity index (χ4v) is 4.99. The SMILES string of the molecule is COc1ccc2c3c(n(CCn4cnc5ccccc54)c(=O)c2c1OC)-c1ccccc1C3=O. The van der Waals surface area contributed by atoms with Crippen LogP contribution in [-0.2, 0) is 13.1 Å². The van der Waals surface area contributed by atoms with Crippen molar-refractivity contribution in [1.29, 1.82) is 0 Å². The normalized spacial score (nSPS) is 12.2. The second-order valence-electron chi connectivity index (χ2n) is 8.21. The summed E-state index contributed by atoms with van der Waals surface area (Å²) in [5.74, 6) is 0.685. The van der Waals surface area contributed by atoms with Gasteiger partial charge >= 0.3 is 0 Å². The number of benzene rings is 3. The van der Waals surface area contributed by atoms with E-state index in [2.05, 4.69) is 4.98 Å². The van der Waals surface area contributed by atoms with Gasteiger partial charge in [-0.1, -0.05) is 36.4 Å². The molecule has 0 radical (unpaired) electrons. The van der Waals surface area contributed by atoms with Crippen molar-refractivity contribution in [2.24, 2.45) is 0 Å². The molecule has 1 aliphatic carbocycles. The highest BCUT2D eigenvalue weighted by molar-refractivity contribution is 6.27. The van der Waals surface area contributed by atoms with E-state index >= 15 is 0 Å². The molecule has 3 aromatic carbocycles. The number of carbonyl (C=O) groups excluding carboxylic acids is 1. The summed E-state index contributed by atoms with van der Waals surface area (Å²) < 4.78 is 14.8. The molecule has 0 spiro atoms. The number of pyridine rings is 1. The zero-order chi connectivity index (χ0) is 23.4. The molecule has 6 rings (SSSR count). The zero-order valence-electron chi connectivity index (χ0n) is 18.7. The van der Waals surface area contributed by atoms with E-state index in [1.54, 1.807) is 23.0 Å². The molecule has 2 aromatic heterocycles. The Balaban J connectivity index is 1.62. The summed E-state index contributed by atoms with van der Waals surface area (Å²) in [7, 11) is 3.03. The first-order chi connectivity index (χ1) is 16.6. The molecule has 0 saturated carbocycles. The molecule has 7 heteroatoms. The van der Waals surface area contributed by atoms with Crippen LogP contribution in [0.1, 0.15) is 15.9 Å². The van der Waals surface area contributed by atoms with E-state index in [0.29, 0.717) is 52.2 Å². The van der Waals surface area contributed by atoms with Crippen LogP contribution in [0, 0.1) is 0 Å². The maximum Gasteiger partial charge on any atom is 0.262 e. The van der Waals surface area contributed by atoms with Crippen LogP contribution >= 0.6 is 0 Å². The smallest absolute Gasteiger partial charge is 0.262 e. The minimum absolute atomic E-state index is 0.0929. The first kappa shape index (κ1) is 20.2. The number of ether oxygens (including phenoxy) is 2. The van der Waals surface area contributed by atoms with Crippen molar-refractivity contribution >= 4 is 27.6 Å². The molecule has 0 bridgehead atoms. The minimum atomic E-state index is -0.224. The molecule has 0 fully saturated rings. The lowest BCUT2D eigenvalue weighted by molar-refractivity contribution is 0.104. The van der Waals surface area contributed by atoms with Gasteiger partial charge in [0.15, 0.2) is 17.3 Å². The van der Waals surface area contributed by atoms with Crippen LogP contribution in [0.5, 0.6) is 11.5 Å². The van der Waals surface area contributed by atoms with E-state index in [9.17, 15) is 9.59 Å². The highest BCUT2D eigenvalue weighted by Gasteiger charge is 2.33. The Morgan fingerprint density at radius 3 is 2.41 bits per heavy atom. The van der Waals surface area contributed by atoms with Gasteiger partial charge < -0.3 is 18.6 Å². The van der Waals surface area contributed by atoms with Gasteiger partial charge in [0, 0.05) is 29.6 Å². The lowest BCUT2D eigenvalue weighted by Crippen LogP contribution is -2.25. The highest BCUT2D eigenvalue weighted by atomic mass is 16.5. The largest absolute Gasteiger partial charge is 0.493 e. The van der Waals surface area contributed by atoms with Crippen molar-refractivity contribution in [3.63, 3.8) is 0 Å². The van der Waals surface area contributed by atoms with Gasteiger partial charge in [-0.25, -0.2) is 4.98 Å². The third kappa shape index (κ3) is 2.73. The van der Waals surface area contributed by atoms with Crippen molar-refractivity contribution in [3.8, 4) is 22.8 Å². The van der Waals surface area contributed by atoms with Crippen LogP contribution in [0.2, 0.25) is 0 Å². The summed E-state index contributed by atoms with van der Waals surface area (Å²) in [6, 6.07) is 18.8. The Morgan fingerprint density at radius 2 is 1.62 bits per heavy atom. The molecule has 1 aliphatic rings. The first-order valence-corrected chi connectivity index (χ1v) is 11.0. The number of ketones is 1.